The van der Waals surface area contributed by atoms with Gasteiger partial charge >= 0.3 is 0 Å². The van der Waals surface area contributed by atoms with Gasteiger partial charge in [0.2, 0.25) is 0 Å². The fourth-order valence-corrected chi connectivity index (χ4v) is 5.15. The molecule has 9 heteroatoms. The van der Waals surface area contributed by atoms with E-state index in [1.807, 2.05) is 12.1 Å². The molecule has 0 aliphatic heterocycles. The van der Waals surface area contributed by atoms with Gasteiger partial charge in [0.15, 0.2) is 5.82 Å². The van der Waals surface area contributed by atoms with E-state index in [1.165, 1.54) is 6.07 Å². The molecule has 0 saturated carbocycles. The number of rotatable bonds is 5. The normalized spacial score (nSPS) is 11.4. The van der Waals surface area contributed by atoms with Gasteiger partial charge in [-0.15, -0.1) is 11.3 Å². The first-order valence-electron chi connectivity index (χ1n) is 8.18. The van der Waals surface area contributed by atoms with Crippen LogP contribution in [0.25, 0.3) is 10.9 Å². The van der Waals surface area contributed by atoms with E-state index in [9.17, 15) is 8.42 Å². The summed E-state index contributed by atoms with van der Waals surface area (Å²) in [6, 6.07) is 17.8. The van der Waals surface area contributed by atoms with E-state index in [-0.39, 0.29) is 10.0 Å². The molecule has 0 bridgehead atoms. The van der Waals surface area contributed by atoms with Gasteiger partial charge in [0.05, 0.1) is 34.1 Å². The molecule has 0 fully saturated rings. The van der Waals surface area contributed by atoms with Crippen molar-refractivity contribution in [2.24, 2.45) is 0 Å². The van der Waals surface area contributed by atoms with Crippen LogP contribution in [0.4, 0.5) is 5.82 Å². The van der Waals surface area contributed by atoms with Crippen LogP contribution in [-0.4, -0.2) is 18.2 Å². The SMILES string of the molecule is N#Cc1cccc(Cn2nc(NS(=O)(=O)c3cccs3)c3c(Cl)cccc32)c1. The van der Waals surface area contributed by atoms with Gasteiger partial charge in [-0.25, -0.2) is 8.42 Å². The average molecular weight is 429 g/mol. The number of halogens is 1. The van der Waals surface area contributed by atoms with Gasteiger partial charge in [0, 0.05) is 0 Å². The predicted octanol–water partition coefficient (Wildman–Crippen LogP) is 4.47. The maximum Gasteiger partial charge on any atom is 0.272 e. The van der Waals surface area contributed by atoms with Crippen LogP contribution < -0.4 is 4.72 Å². The lowest BCUT2D eigenvalue weighted by atomic mass is 10.1. The molecule has 28 heavy (non-hydrogen) atoms. The summed E-state index contributed by atoms with van der Waals surface area (Å²) in [5.41, 5.74) is 2.11. The number of nitriles is 1. The number of hydrogen-bond acceptors (Lipinski definition) is 5. The van der Waals surface area contributed by atoms with E-state index in [2.05, 4.69) is 15.9 Å². The van der Waals surface area contributed by atoms with Crippen LogP contribution >= 0.6 is 22.9 Å². The Labute approximate surface area is 170 Å². The highest BCUT2D eigenvalue weighted by Crippen LogP contribution is 2.32. The largest absolute Gasteiger partial charge is 0.272 e. The molecule has 0 unspecified atom stereocenters. The van der Waals surface area contributed by atoms with Crippen molar-refractivity contribution in [3.63, 3.8) is 0 Å². The third kappa shape index (κ3) is 3.47. The Morgan fingerprint density at radius 2 is 2.00 bits per heavy atom. The Bertz CT molecular complexity index is 1310. The number of nitrogens with zero attached hydrogens (tertiary/aromatic N) is 3. The van der Waals surface area contributed by atoms with Crippen LogP contribution in [0.15, 0.2) is 64.2 Å². The number of fused-ring (bicyclic) bond motifs is 1. The van der Waals surface area contributed by atoms with Crippen molar-refractivity contribution in [3.05, 3.63) is 76.1 Å². The minimum Gasteiger partial charge on any atom is -0.261 e. The standard InChI is InChI=1S/C19H13ClN4O2S2/c20-15-6-2-7-16-18(15)19(23-28(25,26)17-8-3-9-27-17)22-24(16)12-14-5-1-4-13(10-14)11-21/h1-10H,12H2,(H,22,23). The van der Waals surface area contributed by atoms with E-state index < -0.39 is 10.0 Å². The van der Waals surface area contributed by atoms with E-state index in [0.717, 1.165) is 16.9 Å². The van der Waals surface area contributed by atoms with Gasteiger partial charge < -0.3 is 0 Å². The highest BCUT2D eigenvalue weighted by molar-refractivity contribution is 7.94. The van der Waals surface area contributed by atoms with Gasteiger partial charge in [0.25, 0.3) is 10.0 Å². The topological polar surface area (TPSA) is 87.8 Å². The predicted molar refractivity (Wildman–Crippen MR) is 110 cm³/mol. The van der Waals surface area contributed by atoms with Gasteiger partial charge in [-0.2, -0.15) is 10.4 Å². The number of anilines is 1. The lowest BCUT2D eigenvalue weighted by Gasteiger charge is -2.04. The second kappa shape index (κ2) is 7.28. The highest BCUT2D eigenvalue weighted by Gasteiger charge is 2.21. The van der Waals surface area contributed by atoms with Crippen molar-refractivity contribution in [2.75, 3.05) is 4.72 Å². The first kappa shape index (κ1) is 18.5. The van der Waals surface area contributed by atoms with Crippen molar-refractivity contribution < 1.29 is 8.42 Å². The summed E-state index contributed by atoms with van der Waals surface area (Å²) in [5, 5.41) is 16.2. The molecule has 0 saturated heterocycles. The summed E-state index contributed by atoms with van der Waals surface area (Å²) in [4.78, 5) is 0. The minimum atomic E-state index is -3.76. The molecule has 140 valence electrons. The molecule has 0 aliphatic carbocycles. The average Bonchev–Trinajstić information content (AvgIpc) is 3.32. The maximum absolute atomic E-state index is 12.6. The molecular weight excluding hydrogens is 416 g/mol. The zero-order valence-corrected chi connectivity index (χ0v) is 16.7. The second-order valence-electron chi connectivity index (χ2n) is 5.99. The quantitative estimate of drug-likeness (QED) is 0.507. The molecule has 4 aromatic rings. The van der Waals surface area contributed by atoms with Crippen LogP contribution in [0.3, 0.4) is 0 Å². The van der Waals surface area contributed by atoms with Gasteiger partial charge in [0.1, 0.15) is 4.21 Å². The molecule has 4 rings (SSSR count). The van der Waals surface area contributed by atoms with Gasteiger partial charge in [-0.3, -0.25) is 9.40 Å². The van der Waals surface area contributed by atoms with Gasteiger partial charge in [-0.1, -0.05) is 35.9 Å². The van der Waals surface area contributed by atoms with Crippen molar-refractivity contribution in [2.45, 2.75) is 10.8 Å². The molecule has 2 aromatic carbocycles. The first-order valence-corrected chi connectivity index (χ1v) is 10.9. The third-order valence-electron chi connectivity index (χ3n) is 4.11. The zero-order chi connectivity index (χ0) is 19.7. The maximum atomic E-state index is 12.6. The molecule has 1 N–H and O–H groups in total. The fourth-order valence-electron chi connectivity index (χ4n) is 2.88. The van der Waals surface area contributed by atoms with Crippen molar-refractivity contribution in [3.8, 4) is 6.07 Å². The summed E-state index contributed by atoms with van der Waals surface area (Å²) in [5.74, 6) is 0.172. The Morgan fingerprint density at radius 3 is 2.75 bits per heavy atom. The Morgan fingerprint density at radius 1 is 1.18 bits per heavy atom. The van der Waals surface area contributed by atoms with Crippen LogP contribution in [0.2, 0.25) is 5.02 Å². The third-order valence-corrected chi connectivity index (χ3v) is 7.16. The molecule has 0 aliphatic rings. The van der Waals surface area contributed by atoms with E-state index >= 15 is 0 Å². The first-order chi connectivity index (χ1) is 13.5. The van der Waals surface area contributed by atoms with Crippen LogP contribution in [0.5, 0.6) is 0 Å². The molecule has 0 amide bonds. The summed E-state index contributed by atoms with van der Waals surface area (Å²) in [6.45, 7) is 0.368. The van der Waals surface area contributed by atoms with Crippen molar-refractivity contribution in [1.29, 1.82) is 5.26 Å². The highest BCUT2D eigenvalue weighted by atomic mass is 35.5. The summed E-state index contributed by atoms with van der Waals surface area (Å²) < 4.78 is 29.7. The smallest absolute Gasteiger partial charge is 0.261 e. The zero-order valence-electron chi connectivity index (χ0n) is 14.3. The lowest BCUT2D eigenvalue weighted by molar-refractivity contribution is 0.602. The Hall–Kier alpha value is -2.86. The number of nitrogens with one attached hydrogen (secondary N) is 1. The number of benzene rings is 2. The number of thiophene rings is 1. The Kier molecular flexibility index (Phi) is 4.81. The lowest BCUT2D eigenvalue weighted by Crippen LogP contribution is -2.12. The number of aromatic nitrogens is 2. The fraction of sp³-hybridized carbons (Fsp3) is 0.0526. The van der Waals surface area contributed by atoms with E-state index in [0.29, 0.717) is 28.0 Å². The van der Waals surface area contributed by atoms with Gasteiger partial charge in [-0.05, 0) is 41.3 Å². The summed E-state index contributed by atoms with van der Waals surface area (Å²) >= 11 is 7.47. The van der Waals surface area contributed by atoms with Crippen LogP contribution in [-0.2, 0) is 16.6 Å². The second-order valence-corrected chi connectivity index (χ2v) is 9.25. The molecule has 0 spiro atoms. The minimum absolute atomic E-state index is 0.172. The molecule has 0 atom stereocenters. The van der Waals surface area contributed by atoms with Crippen molar-refractivity contribution >= 4 is 49.7 Å². The monoisotopic (exact) mass is 428 g/mol. The summed E-state index contributed by atoms with van der Waals surface area (Å²) in [6.07, 6.45) is 0. The van der Waals surface area contributed by atoms with E-state index in [1.54, 1.807) is 46.5 Å². The van der Waals surface area contributed by atoms with Crippen LogP contribution in [0, 0.1) is 11.3 Å². The summed E-state index contributed by atoms with van der Waals surface area (Å²) in [7, 11) is -3.76. The molecule has 6 nitrogen and oxygen atoms in total. The number of sulfonamides is 1. The molecule has 2 heterocycles. The Balaban J connectivity index is 1.79. The number of hydrogen-bond donors (Lipinski definition) is 1. The molecule has 2 aromatic heterocycles. The molecular formula is C19H13ClN4O2S2. The van der Waals surface area contributed by atoms with E-state index in [4.69, 9.17) is 16.9 Å². The molecule has 0 radical (unpaired) electrons. The van der Waals surface area contributed by atoms with Crippen molar-refractivity contribution in [1.82, 2.24) is 9.78 Å². The van der Waals surface area contributed by atoms with Crippen LogP contribution in [0.1, 0.15) is 11.1 Å².